The molecule has 0 amide bonds. The molecule has 214 valence electrons. The molecule has 2 heterocycles. The summed E-state index contributed by atoms with van der Waals surface area (Å²) in [5.74, 6) is 0.887. The molecule has 0 spiro atoms. The highest BCUT2D eigenvalue weighted by Crippen LogP contribution is 2.44. The quantitative estimate of drug-likeness (QED) is 0.264. The summed E-state index contributed by atoms with van der Waals surface area (Å²) in [5, 5.41) is 15.4. The largest absolute Gasteiger partial charge is 0.392 e. The number of aliphatic hydroxyl groups excluding tert-OH is 1. The number of hydrogen-bond acceptors (Lipinski definition) is 3. The molecule has 1 saturated carbocycles. The molecule has 5 nitrogen and oxygen atoms in total. The second-order valence-electron chi connectivity index (χ2n) is 11.8. The summed E-state index contributed by atoms with van der Waals surface area (Å²) in [6.45, 7) is 14.7. The number of rotatable bonds is 9. The Kier molecular flexibility index (Phi) is 8.67. The average Bonchev–Trinajstić information content (AvgIpc) is 3.20. The van der Waals surface area contributed by atoms with E-state index in [0.29, 0.717) is 23.3 Å². The normalized spacial score (nSPS) is 22.0. The van der Waals surface area contributed by atoms with Crippen LogP contribution < -0.4 is 0 Å². The SMILES string of the molecule is C=CCC(C/C(C)=C/c1nc(C2=CC=C(c3ccc(-n4ncn4C)cc3)CC2)c(Cl)cc1C)C1C(=C)CC(O)C1C. The lowest BCUT2D eigenvalue weighted by Gasteiger charge is -2.28. The Labute approximate surface area is 249 Å². The van der Waals surface area contributed by atoms with Gasteiger partial charge in [-0.1, -0.05) is 66.6 Å². The van der Waals surface area contributed by atoms with Gasteiger partial charge in [-0.15, -0.1) is 11.7 Å². The fraction of sp³-hybridized carbons (Fsp3) is 0.371. The lowest BCUT2D eigenvalue weighted by atomic mass is 9.77. The third kappa shape index (κ3) is 6.12. The molecule has 0 aliphatic heterocycles. The molecule has 0 saturated heterocycles. The molecule has 41 heavy (non-hydrogen) atoms. The molecular weight excluding hydrogens is 528 g/mol. The fourth-order valence-corrected chi connectivity index (χ4v) is 6.87. The lowest BCUT2D eigenvalue weighted by Crippen LogP contribution is -2.23. The number of pyridine rings is 1. The van der Waals surface area contributed by atoms with Gasteiger partial charge in [-0.2, -0.15) is 4.80 Å². The minimum absolute atomic E-state index is 0.216. The van der Waals surface area contributed by atoms with Gasteiger partial charge in [0.25, 0.3) is 0 Å². The number of halogens is 1. The van der Waals surface area contributed by atoms with Crippen molar-refractivity contribution in [1.82, 2.24) is 19.6 Å². The van der Waals surface area contributed by atoms with Gasteiger partial charge in [-0.25, -0.2) is 4.98 Å². The average molecular weight is 569 g/mol. The fourth-order valence-electron chi connectivity index (χ4n) is 6.55. The van der Waals surface area contributed by atoms with Crippen LogP contribution in [0.2, 0.25) is 5.02 Å². The zero-order valence-corrected chi connectivity index (χ0v) is 25.4. The van der Waals surface area contributed by atoms with Crippen LogP contribution in [0.25, 0.3) is 22.9 Å². The first kappa shape index (κ1) is 29.1. The van der Waals surface area contributed by atoms with Crippen LogP contribution in [0.1, 0.15) is 68.5 Å². The maximum atomic E-state index is 10.4. The third-order valence-corrected chi connectivity index (χ3v) is 9.10. The molecule has 1 aromatic carbocycles. The number of aliphatic hydroxyl groups is 1. The predicted molar refractivity (Wildman–Crippen MR) is 171 cm³/mol. The van der Waals surface area contributed by atoms with Crippen molar-refractivity contribution < 1.29 is 5.11 Å². The van der Waals surface area contributed by atoms with Crippen LogP contribution in [0.4, 0.5) is 0 Å². The summed E-state index contributed by atoms with van der Waals surface area (Å²) in [4.78, 5) is 6.94. The highest BCUT2D eigenvalue weighted by Gasteiger charge is 2.38. The maximum absolute atomic E-state index is 10.4. The molecular formula is C35H41ClN4O. The zero-order chi connectivity index (χ0) is 29.3. The van der Waals surface area contributed by atoms with Gasteiger partial charge in [0.15, 0.2) is 0 Å². The predicted octanol–water partition coefficient (Wildman–Crippen LogP) is 8.39. The number of aryl methyl sites for hydroxylation is 2. The summed E-state index contributed by atoms with van der Waals surface area (Å²) < 4.78 is 1.95. The van der Waals surface area contributed by atoms with Gasteiger partial charge >= 0.3 is 0 Å². The Balaban J connectivity index is 1.35. The van der Waals surface area contributed by atoms with E-state index in [0.717, 1.165) is 53.9 Å². The minimum Gasteiger partial charge on any atom is -0.392 e. The Morgan fingerprint density at radius 2 is 1.90 bits per heavy atom. The van der Waals surface area contributed by atoms with Crippen LogP contribution in [0.5, 0.6) is 0 Å². The van der Waals surface area contributed by atoms with E-state index < -0.39 is 0 Å². The van der Waals surface area contributed by atoms with Crippen LogP contribution in [-0.2, 0) is 7.05 Å². The van der Waals surface area contributed by atoms with E-state index in [2.05, 4.69) is 81.5 Å². The lowest BCUT2D eigenvalue weighted by molar-refractivity contribution is 0.114. The van der Waals surface area contributed by atoms with E-state index in [1.807, 2.05) is 28.7 Å². The maximum Gasteiger partial charge on any atom is 0.134 e. The van der Waals surface area contributed by atoms with Gasteiger partial charge in [0.05, 0.1) is 28.2 Å². The third-order valence-electron chi connectivity index (χ3n) is 8.82. The van der Waals surface area contributed by atoms with Crippen molar-refractivity contribution in [2.24, 2.45) is 24.8 Å². The van der Waals surface area contributed by atoms with Crippen molar-refractivity contribution in [2.75, 3.05) is 0 Å². The Morgan fingerprint density at radius 3 is 2.46 bits per heavy atom. The molecule has 5 rings (SSSR count). The van der Waals surface area contributed by atoms with Gasteiger partial charge in [0, 0.05) is 7.05 Å². The number of aromatic nitrogens is 4. The van der Waals surface area contributed by atoms with Gasteiger partial charge in [0.2, 0.25) is 0 Å². The van der Waals surface area contributed by atoms with Crippen molar-refractivity contribution in [1.29, 1.82) is 0 Å². The molecule has 4 unspecified atom stereocenters. The van der Waals surface area contributed by atoms with E-state index in [1.54, 1.807) is 6.33 Å². The first-order valence-corrected chi connectivity index (χ1v) is 14.9. The van der Waals surface area contributed by atoms with Crippen LogP contribution in [0, 0.1) is 24.7 Å². The van der Waals surface area contributed by atoms with E-state index in [-0.39, 0.29) is 12.0 Å². The van der Waals surface area contributed by atoms with Crippen LogP contribution in [-0.4, -0.2) is 30.8 Å². The molecule has 1 N–H and O–H groups in total. The summed E-state index contributed by atoms with van der Waals surface area (Å²) in [5.41, 5.74) is 10.1. The first-order chi connectivity index (χ1) is 19.7. The summed E-state index contributed by atoms with van der Waals surface area (Å²) >= 11 is 6.75. The number of benzene rings is 1. The molecule has 2 aliphatic rings. The number of nitrogens with zero attached hydrogens (tertiary/aromatic N) is 4. The van der Waals surface area contributed by atoms with Crippen LogP contribution in [0.15, 0.2) is 79.2 Å². The molecule has 2 aromatic heterocycles. The molecule has 4 atom stereocenters. The van der Waals surface area contributed by atoms with Crippen molar-refractivity contribution in [2.45, 2.75) is 59.0 Å². The molecule has 0 bridgehead atoms. The van der Waals surface area contributed by atoms with E-state index in [9.17, 15) is 5.11 Å². The van der Waals surface area contributed by atoms with Crippen LogP contribution in [0.3, 0.4) is 0 Å². The molecule has 3 aromatic rings. The molecule has 0 radical (unpaired) electrons. The molecule has 2 aliphatic carbocycles. The number of allylic oxidation sites excluding steroid dienone is 6. The van der Waals surface area contributed by atoms with Gasteiger partial charge in [-0.05, 0) is 110 Å². The molecule has 1 fully saturated rings. The van der Waals surface area contributed by atoms with Crippen molar-refractivity contribution in [3.05, 3.63) is 107 Å². The molecule has 6 heteroatoms. The Morgan fingerprint density at radius 1 is 1.20 bits per heavy atom. The highest BCUT2D eigenvalue weighted by atomic mass is 35.5. The van der Waals surface area contributed by atoms with Crippen molar-refractivity contribution in [3.8, 4) is 5.69 Å². The number of hydrogen-bond donors (Lipinski definition) is 1. The van der Waals surface area contributed by atoms with Crippen molar-refractivity contribution >= 4 is 28.8 Å². The smallest absolute Gasteiger partial charge is 0.134 e. The van der Waals surface area contributed by atoms with E-state index in [4.69, 9.17) is 16.6 Å². The van der Waals surface area contributed by atoms with Gasteiger partial charge in [0.1, 0.15) is 6.33 Å². The summed E-state index contributed by atoms with van der Waals surface area (Å²) in [7, 11) is 1.98. The second-order valence-corrected chi connectivity index (χ2v) is 12.2. The highest BCUT2D eigenvalue weighted by molar-refractivity contribution is 6.32. The van der Waals surface area contributed by atoms with Gasteiger partial charge in [-0.3, -0.25) is 4.68 Å². The zero-order valence-electron chi connectivity index (χ0n) is 24.6. The van der Waals surface area contributed by atoms with E-state index in [1.165, 1.54) is 22.3 Å². The van der Waals surface area contributed by atoms with Crippen LogP contribution >= 0.6 is 11.6 Å². The topological polar surface area (TPSA) is 55.9 Å². The Hall–Kier alpha value is -3.41. The monoisotopic (exact) mass is 568 g/mol. The Bertz CT molecular complexity index is 1530. The second kappa shape index (κ2) is 12.2. The van der Waals surface area contributed by atoms with Crippen molar-refractivity contribution in [3.63, 3.8) is 0 Å². The standard InChI is InChI=1S/C35H41ClN4O/c1-7-8-29(34-24(4)20-33(41)25(34)5)17-22(2)18-32-23(3)19-31(36)35(38-32)28-11-9-26(10-12-28)27-13-15-30(16-14-27)40-37-21-39(40)6/h7,9,11,13-16,18-19,21,25,29,33-34,41H,1,4,8,10,12,17,20H2,2-3,5-6H3/b22-18+. The van der Waals surface area contributed by atoms with Gasteiger partial charge < -0.3 is 5.11 Å². The summed E-state index contributed by atoms with van der Waals surface area (Å²) in [6.07, 6.45) is 14.4. The minimum atomic E-state index is -0.299. The summed E-state index contributed by atoms with van der Waals surface area (Å²) in [6, 6.07) is 10.6. The van der Waals surface area contributed by atoms with E-state index >= 15 is 0 Å². The first-order valence-electron chi connectivity index (χ1n) is 14.5.